The molecule has 206 valence electrons. The first-order valence-corrected chi connectivity index (χ1v) is 13.2. The first-order chi connectivity index (χ1) is 19.9. The summed E-state index contributed by atoms with van der Waals surface area (Å²) in [6, 6.07) is 11.7. The second-order valence-corrected chi connectivity index (χ2v) is 10.3. The number of nitrogens with zero attached hydrogens (tertiary/aromatic N) is 8. The Bertz CT molecular complexity index is 1820. The van der Waals surface area contributed by atoms with Gasteiger partial charge in [-0.3, -0.25) is 9.59 Å². The van der Waals surface area contributed by atoms with Gasteiger partial charge in [-0.2, -0.15) is 10.2 Å². The lowest BCUT2D eigenvalue weighted by Crippen LogP contribution is -2.52. The van der Waals surface area contributed by atoms with Gasteiger partial charge >= 0.3 is 0 Å². The van der Waals surface area contributed by atoms with Crippen molar-refractivity contribution in [1.82, 2.24) is 39.3 Å². The van der Waals surface area contributed by atoms with Crippen molar-refractivity contribution in [2.45, 2.75) is 32.0 Å². The first kappa shape index (κ1) is 25.0. The monoisotopic (exact) mass is 554 g/mol. The van der Waals surface area contributed by atoms with Gasteiger partial charge in [0, 0.05) is 38.2 Å². The Labute approximate surface area is 232 Å². The van der Waals surface area contributed by atoms with Crippen LogP contribution in [0.3, 0.4) is 0 Å². The molecule has 41 heavy (non-hydrogen) atoms. The molecule has 10 nitrogen and oxygen atoms in total. The molecule has 12 heteroatoms. The number of pyridine rings is 1. The summed E-state index contributed by atoms with van der Waals surface area (Å²) in [4.78, 5) is 40.2. The Morgan fingerprint density at radius 2 is 1.76 bits per heavy atom. The lowest BCUT2D eigenvalue weighted by Gasteiger charge is -2.42. The Balaban J connectivity index is 1.36. The largest absolute Gasteiger partial charge is 0.339 e. The van der Waals surface area contributed by atoms with Crippen LogP contribution in [0.4, 0.5) is 8.78 Å². The summed E-state index contributed by atoms with van der Waals surface area (Å²) < 4.78 is 31.1. The number of piperidine rings is 1. The zero-order chi connectivity index (χ0) is 28.2. The van der Waals surface area contributed by atoms with Gasteiger partial charge in [0.15, 0.2) is 5.82 Å². The SMILES string of the molecule is CC(=O)N1CC(N2Cc3ccc(F)cc3C2=O)CC(n2c(-c3ccccc3F)nc3cnc(-n4nccn4)cc32)C1. The number of halogens is 2. The highest BCUT2D eigenvalue weighted by Crippen LogP contribution is 2.37. The smallest absolute Gasteiger partial charge is 0.254 e. The van der Waals surface area contributed by atoms with Crippen LogP contribution in [-0.2, 0) is 11.3 Å². The van der Waals surface area contributed by atoms with Crippen LogP contribution in [0.15, 0.2) is 67.1 Å². The fraction of sp³-hybridized carbons (Fsp3) is 0.241. The van der Waals surface area contributed by atoms with Gasteiger partial charge < -0.3 is 14.4 Å². The molecule has 2 unspecified atom stereocenters. The summed E-state index contributed by atoms with van der Waals surface area (Å²) in [5.41, 5.74) is 2.59. The maximum atomic E-state index is 15.2. The van der Waals surface area contributed by atoms with Crippen molar-refractivity contribution in [2.75, 3.05) is 13.1 Å². The number of rotatable bonds is 4. The van der Waals surface area contributed by atoms with Gasteiger partial charge in [0.05, 0.1) is 41.8 Å². The molecule has 5 heterocycles. The summed E-state index contributed by atoms with van der Waals surface area (Å²) in [5.74, 6) is -0.482. The van der Waals surface area contributed by atoms with E-state index in [1.165, 1.54) is 29.9 Å². The molecule has 2 aliphatic heterocycles. The quantitative estimate of drug-likeness (QED) is 0.335. The Hall–Kier alpha value is -5.00. The third-order valence-electron chi connectivity index (χ3n) is 7.86. The van der Waals surface area contributed by atoms with Crippen LogP contribution < -0.4 is 0 Å². The fourth-order valence-electron chi connectivity index (χ4n) is 5.94. The lowest BCUT2D eigenvalue weighted by molar-refractivity contribution is -0.131. The second-order valence-electron chi connectivity index (χ2n) is 10.3. The molecule has 2 amide bonds. The number of carbonyl (C=O) groups excluding carboxylic acids is 2. The van der Waals surface area contributed by atoms with E-state index in [9.17, 15) is 14.0 Å². The molecule has 0 N–H and O–H groups in total. The molecule has 0 saturated carbocycles. The van der Waals surface area contributed by atoms with Crippen LogP contribution in [0.1, 0.15) is 35.3 Å². The van der Waals surface area contributed by atoms with Crippen LogP contribution in [0, 0.1) is 11.6 Å². The van der Waals surface area contributed by atoms with Gasteiger partial charge in [-0.05, 0) is 36.2 Å². The van der Waals surface area contributed by atoms with Crippen molar-refractivity contribution in [3.05, 3.63) is 89.9 Å². The number of imidazole rings is 1. The van der Waals surface area contributed by atoms with Crippen LogP contribution in [-0.4, -0.2) is 70.3 Å². The molecule has 0 bridgehead atoms. The fourth-order valence-corrected chi connectivity index (χ4v) is 5.94. The highest BCUT2D eigenvalue weighted by atomic mass is 19.1. The van der Waals surface area contributed by atoms with Gasteiger partial charge in [0.1, 0.15) is 23.0 Å². The van der Waals surface area contributed by atoms with Gasteiger partial charge in [0.2, 0.25) is 5.91 Å². The van der Waals surface area contributed by atoms with E-state index in [2.05, 4.69) is 15.2 Å². The van der Waals surface area contributed by atoms with Crippen molar-refractivity contribution in [3.8, 4) is 17.2 Å². The maximum absolute atomic E-state index is 15.2. The number of likely N-dealkylation sites (tertiary alicyclic amines) is 1. The number of hydrogen-bond acceptors (Lipinski definition) is 6. The molecular weight excluding hydrogens is 530 g/mol. The standard InChI is InChI=1S/C29H24F2N8O2/c1-17(40)36-15-20(37-14-18-6-7-19(30)10-23(18)29(37)41)11-21(16-36)38-26-12-27(39-33-8-9-34-39)32-13-25(26)35-28(38)22-4-2-3-5-24(22)31/h2-10,12-13,20-21H,11,14-16H2,1H3. The predicted molar refractivity (Wildman–Crippen MR) is 144 cm³/mol. The van der Waals surface area contributed by atoms with E-state index in [1.54, 1.807) is 58.7 Å². The predicted octanol–water partition coefficient (Wildman–Crippen LogP) is 3.78. The molecule has 5 aromatic rings. The number of benzene rings is 2. The summed E-state index contributed by atoms with van der Waals surface area (Å²) in [7, 11) is 0. The topological polar surface area (TPSA) is 102 Å². The highest BCUT2D eigenvalue weighted by molar-refractivity contribution is 5.98. The number of aromatic nitrogens is 6. The van der Waals surface area contributed by atoms with Gasteiger partial charge in [-0.25, -0.2) is 18.7 Å². The van der Waals surface area contributed by atoms with Crippen LogP contribution >= 0.6 is 0 Å². The molecule has 2 aromatic carbocycles. The van der Waals surface area contributed by atoms with E-state index < -0.39 is 11.6 Å². The summed E-state index contributed by atoms with van der Waals surface area (Å²) >= 11 is 0. The molecule has 0 spiro atoms. The molecule has 2 atom stereocenters. The normalized spacial score (nSPS) is 18.8. The average molecular weight is 555 g/mol. The number of fused-ring (bicyclic) bond motifs is 2. The van der Waals surface area contributed by atoms with Crippen molar-refractivity contribution in [1.29, 1.82) is 0 Å². The van der Waals surface area contributed by atoms with Crippen molar-refractivity contribution in [3.63, 3.8) is 0 Å². The minimum Gasteiger partial charge on any atom is -0.339 e. The third kappa shape index (κ3) is 4.22. The molecular formula is C29H24F2N8O2. The van der Waals surface area contributed by atoms with Crippen LogP contribution in [0.2, 0.25) is 0 Å². The Morgan fingerprint density at radius 3 is 2.54 bits per heavy atom. The zero-order valence-corrected chi connectivity index (χ0v) is 22.0. The van der Waals surface area contributed by atoms with Crippen molar-refractivity contribution >= 4 is 22.8 Å². The first-order valence-electron chi connectivity index (χ1n) is 13.2. The maximum Gasteiger partial charge on any atom is 0.254 e. The molecule has 0 aliphatic carbocycles. The summed E-state index contributed by atoms with van der Waals surface area (Å²) in [6.07, 6.45) is 5.15. The summed E-state index contributed by atoms with van der Waals surface area (Å²) in [6.45, 7) is 2.48. The molecule has 7 rings (SSSR count). The number of hydrogen-bond donors (Lipinski definition) is 0. The van der Waals surface area contributed by atoms with Crippen LogP contribution in [0.5, 0.6) is 0 Å². The average Bonchev–Trinajstić information content (AvgIpc) is 3.71. The number of amides is 2. The second kappa shape index (κ2) is 9.58. The van der Waals surface area contributed by atoms with E-state index in [0.717, 1.165) is 5.56 Å². The molecule has 2 aliphatic rings. The molecule has 3 aromatic heterocycles. The zero-order valence-electron chi connectivity index (χ0n) is 22.0. The minimum absolute atomic E-state index is 0.144. The summed E-state index contributed by atoms with van der Waals surface area (Å²) in [5, 5.41) is 8.36. The van der Waals surface area contributed by atoms with E-state index >= 15 is 4.39 Å². The van der Waals surface area contributed by atoms with Crippen molar-refractivity contribution in [2.24, 2.45) is 0 Å². The van der Waals surface area contributed by atoms with Crippen molar-refractivity contribution < 1.29 is 18.4 Å². The minimum atomic E-state index is -0.471. The van der Waals surface area contributed by atoms with E-state index in [0.29, 0.717) is 59.9 Å². The molecule has 1 saturated heterocycles. The molecule has 1 fully saturated rings. The highest BCUT2D eigenvalue weighted by Gasteiger charge is 2.40. The van der Waals surface area contributed by atoms with E-state index in [1.807, 2.05) is 4.57 Å². The third-order valence-corrected chi connectivity index (χ3v) is 7.86. The van der Waals surface area contributed by atoms with E-state index in [-0.39, 0.29) is 23.9 Å². The lowest BCUT2D eigenvalue weighted by atomic mass is 9.98. The number of carbonyl (C=O) groups is 2. The van der Waals surface area contributed by atoms with E-state index in [4.69, 9.17) is 4.98 Å². The molecule has 0 radical (unpaired) electrons. The Kier molecular flexibility index (Phi) is 5.84. The van der Waals surface area contributed by atoms with Gasteiger partial charge in [0.25, 0.3) is 5.91 Å². The van der Waals surface area contributed by atoms with Gasteiger partial charge in [-0.1, -0.05) is 18.2 Å². The van der Waals surface area contributed by atoms with Crippen LogP contribution in [0.25, 0.3) is 28.2 Å². The Morgan fingerprint density at radius 1 is 0.976 bits per heavy atom. The van der Waals surface area contributed by atoms with Gasteiger partial charge in [-0.15, -0.1) is 4.80 Å².